The van der Waals surface area contributed by atoms with E-state index >= 15 is 0 Å². The number of rotatable bonds is 10. The van der Waals surface area contributed by atoms with E-state index in [-0.39, 0.29) is 23.3 Å². The van der Waals surface area contributed by atoms with Gasteiger partial charge in [-0.15, -0.1) is 0 Å². The van der Waals surface area contributed by atoms with E-state index in [4.69, 9.17) is 4.74 Å². The van der Waals surface area contributed by atoms with Crippen LogP contribution in [0, 0.1) is 11.3 Å². The van der Waals surface area contributed by atoms with E-state index in [2.05, 4.69) is 13.8 Å². The number of ether oxygens (including phenoxy) is 1. The Balaban J connectivity index is 1.85. The molecule has 2 saturated carbocycles. The van der Waals surface area contributed by atoms with Crippen LogP contribution in [0.3, 0.4) is 0 Å². The van der Waals surface area contributed by atoms with Crippen molar-refractivity contribution >= 4 is 11.8 Å². The predicted molar refractivity (Wildman–Crippen MR) is 99.2 cm³/mol. The second kappa shape index (κ2) is 8.05. The van der Waals surface area contributed by atoms with Gasteiger partial charge in [-0.05, 0) is 38.0 Å². The van der Waals surface area contributed by atoms with Crippen LogP contribution in [0.25, 0.3) is 0 Å². The second-order valence-corrected chi connectivity index (χ2v) is 8.31. The minimum Gasteiger partial charge on any atom is -0.458 e. The maximum absolute atomic E-state index is 12.9. The van der Waals surface area contributed by atoms with Gasteiger partial charge in [0.05, 0.1) is 0 Å². The molecular formula is C22H34O3. The quantitative estimate of drug-likeness (QED) is 0.386. The van der Waals surface area contributed by atoms with Crippen LogP contribution in [0.5, 0.6) is 0 Å². The lowest BCUT2D eigenvalue weighted by Crippen LogP contribution is -2.43. The molecule has 0 aromatic heterocycles. The molecule has 3 atom stereocenters. The highest BCUT2D eigenvalue weighted by Crippen LogP contribution is 2.62. The van der Waals surface area contributed by atoms with Gasteiger partial charge in [-0.2, -0.15) is 0 Å². The first-order valence-electron chi connectivity index (χ1n) is 10.6. The summed E-state index contributed by atoms with van der Waals surface area (Å²) in [6.45, 7) is 4.42. The monoisotopic (exact) mass is 346 g/mol. The van der Waals surface area contributed by atoms with E-state index in [1.807, 2.05) is 0 Å². The molecule has 1 heterocycles. The molecule has 3 heteroatoms. The van der Waals surface area contributed by atoms with Crippen molar-refractivity contribution in [1.82, 2.24) is 0 Å². The summed E-state index contributed by atoms with van der Waals surface area (Å²) in [5.74, 6) is 0.490. The Morgan fingerprint density at radius 3 is 2.40 bits per heavy atom. The average Bonchev–Trinajstić information content (AvgIpc) is 3.07. The summed E-state index contributed by atoms with van der Waals surface area (Å²) < 4.78 is 5.92. The Morgan fingerprint density at radius 1 is 0.960 bits per heavy atom. The topological polar surface area (TPSA) is 43.4 Å². The molecule has 140 valence electrons. The highest BCUT2D eigenvalue weighted by molar-refractivity contribution is 6.08. The van der Waals surface area contributed by atoms with E-state index in [1.54, 1.807) is 0 Å². The Bertz CT molecular complexity index is 547. The number of Topliss-reactive ketones (excluding diaryl/α,β-unsaturated/α-hetero) is 1. The molecule has 0 saturated heterocycles. The zero-order chi connectivity index (χ0) is 17.9. The zero-order valence-corrected chi connectivity index (χ0v) is 16.1. The molecule has 3 nitrogen and oxygen atoms in total. The van der Waals surface area contributed by atoms with Gasteiger partial charge < -0.3 is 4.74 Å². The predicted octanol–water partition coefficient (Wildman–Crippen LogP) is 5.52. The lowest BCUT2D eigenvalue weighted by atomic mass is 9.68. The molecule has 2 fully saturated rings. The molecule has 25 heavy (non-hydrogen) atoms. The minimum atomic E-state index is -0.184. The van der Waals surface area contributed by atoms with Crippen molar-refractivity contribution in [2.75, 3.05) is 0 Å². The third-order valence-corrected chi connectivity index (χ3v) is 6.78. The summed E-state index contributed by atoms with van der Waals surface area (Å²) in [6.07, 6.45) is 13.7. The molecule has 0 radical (unpaired) electrons. The van der Waals surface area contributed by atoms with E-state index < -0.39 is 0 Å². The molecule has 0 bridgehead atoms. The summed E-state index contributed by atoms with van der Waals surface area (Å²) in [7, 11) is 0. The van der Waals surface area contributed by atoms with Crippen LogP contribution in [-0.4, -0.2) is 17.9 Å². The second-order valence-electron chi connectivity index (χ2n) is 8.31. The lowest BCUT2D eigenvalue weighted by molar-refractivity contribution is -0.153. The largest absolute Gasteiger partial charge is 0.458 e. The number of hydrogen-bond acceptors (Lipinski definition) is 3. The summed E-state index contributed by atoms with van der Waals surface area (Å²) in [5, 5.41) is 0. The Labute approximate surface area is 152 Å². The third-order valence-electron chi connectivity index (χ3n) is 6.78. The van der Waals surface area contributed by atoms with Crippen molar-refractivity contribution < 1.29 is 14.3 Å². The molecule has 0 aromatic carbocycles. The van der Waals surface area contributed by atoms with Crippen LogP contribution in [0.1, 0.15) is 97.3 Å². The van der Waals surface area contributed by atoms with Crippen molar-refractivity contribution in [3.63, 3.8) is 0 Å². The fourth-order valence-corrected chi connectivity index (χ4v) is 5.57. The summed E-state index contributed by atoms with van der Waals surface area (Å²) in [6, 6.07) is 0. The molecule has 3 aliphatic rings. The smallest absolute Gasteiger partial charge is 0.334 e. The molecule has 0 N–H and O–H groups in total. The van der Waals surface area contributed by atoms with Crippen LogP contribution in [0.15, 0.2) is 11.1 Å². The van der Waals surface area contributed by atoms with E-state index in [0.29, 0.717) is 12.3 Å². The van der Waals surface area contributed by atoms with Gasteiger partial charge in [-0.25, -0.2) is 4.79 Å². The van der Waals surface area contributed by atoms with E-state index in [1.165, 1.54) is 32.1 Å². The number of hydrogen-bond donors (Lipinski definition) is 0. The van der Waals surface area contributed by atoms with Gasteiger partial charge in [0.25, 0.3) is 0 Å². The molecule has 0 aromatic rings. The van der Waals surface area contributed by atoms with Crippen LogP contribution in [0.4, 0.5) is 0 Å². The Hall–Kier alpha value is -1.12. The van der Waals surface area contributed by atoms with Gasteiger partial charge >= 0.3 is 5.97 Å². The maximum atomic E-state index is 12.9. The highest BCUT2D eigenvalue weighted by atomic mass is 16.5. The summed E-state index contributed by atoms with van der Waals surface area (Å²) in [5.41, 5.74) is 1.54. The molecule has 0 spiro atoms. The van der Waals surface area contributed by atoms with Crippen molar-refractivity contribution in [3.8, 4) is 0 Å². The van der Waals surface area contributed by atoms with Crippen LogP contribution in [0.2, 0.25) is 0 Å². The van der Waals surface area contributed by atoms with Gasteiger partial charge in [0.2, 0.25) is 0 Å². The van der Waals surface area contributed by atoms with Gasteiger partial charge in [-0.1, -0.05) is 58.8 Å². The first-order chi connectivity index (χ1) is 12.1. The molecule has 3 rings (SSSR count). The number of unbranched alkanes of at least 4 members (excludes halogenated alkanes) is 6. The van der Waals surface area contributed by atoms with E-state index in [9.17, 15) is 9.59 Å². The van der Waals surface area contributed by atoms with E-state index in [0.717, 1.165) is 56.1 Å². The zero-order valence-electron chi connectivity index (χ0n) is 16.1. The SMILES string of the molecule is CCCCCCC1=C2C(=O)C[C@H]3CC[C@@H](OC1=O)[C@@]23CCCCCC. The van der Waals surface area contributed by atoms with Gasteiger partial charge in [0.15, 0.2) is 5.78 Å². The number of carbonyl (C=O) groups is 2. The molecule has 1 aliphatic heterocycles. The normalized spacial score (nSPS) is 30.8. The number of carbonyl (C=O) groups excluding carboxylic acids is 2. The van der Waals surface area contributed by atoms with Crippen molar-refractivity contribution in [2.24, 2.45) is 11.3 Å². The van der Waals surface area contributed by atoms with Gasteiger partial charge in [0.1, 0.15) is 6.10 Å². The highest BCUT2D eigenvalue weighted by Gasteiger charge is 2.63. The Morgan fingerprint density at radius 2 is 1.68 bits per heavy atom. The van der Waals surface area contributed by atoms with Crippen molar-refractivity contribution in [1.29, 1.82) is 0 Å². The first-order valence-corrected chi connectivity index (χ1v) is 10.6. The lowest BCUT2D eigenvalue weighted by Gasteiger charge is -2.40. The molecule has 2 aliphatic carbocycles. The molecular weight excluding hydrogens is 312 g/mol. The fourth-order valence-electron chi connectivity index (χ4n) is 5.57. The fraction of sp³-hybridized carbons (Fsp3) is 0.818. The van der Waals surface area contributed by atoms with Crippen LogP contribution in [-0.2, 0) is 14.3 Å². The van der Waals surface area contributed by atoms with Gasteiger partial charge in [0, 0.05) is 23.0 Å². The summed E-state index contributed by atoms with van der Waals surface area (Å²) in [4.78, 5) is 25.5. The standard InChI is InChI=1S/C22H34O3/c1-3-5-7-9-11-17-20-18(23)15-16-12-13-19(25-21(17)24)22(16,20)14-10-8-6-4-2/h16,19H,3-15H2,1-2H3/t16-,19-,22+/m1/s1. The number of ketones is 1. The van der Waals surface area contributed by atoms with Crippen LogP contribution >= 0.6 is 0 Å². The van der Waals surface area contributed by atoms with Crippen molar-refractivity contribution in [2.45, 2.75) is 103 Å². The third kappa shape index (κ3) is 3.31. The van der Waals surface area contributed by atoms with Gasteiger partial charge in [-0.3, -0.25) is 4.79 Å². The van der Waals surface area contributed by atoms with Crippen molar-refractivity contribution in [3.05, 3.63) is 11.1 Å². The maximum Gasteiger partial charge on any atom is 0.334 e. The van der Waals surface area contributed by atoms with Crippen LogP contribution < -0.4 is 0 Å². The first kappa shape index (κ1) is 18.7. The average molecular weight is 347 g/mol. The minimum absolute atomic E-state index is 0.0348. The molecule has 0 unspecified atom stereocenters. The summed E-state index contributed by atoms with van der Waals surface area (Å²) >= 11 is 0. The Kier molecular flexibility index (Phi) is 6.01. The molecule has 0 amide bonds. The number of esters is 1.